The normalized spacial score (nSPS) is 12.7. The predicted octanol–water partition coefficient (Wildman–Crippen LogP) is 3.54. The van der Waals surface area contributed by atoms with Crippen molar-refractivity contribution < 1.29 is 0 Å². The molecule has 0 saturated carbocycles. The third kappa shape index (κ3) is 3.41. The van der Waals surface area contributed by atoms with Crippen LogP contribution in [0, 0.1) is 0 Å². The lowest BCUT2D eigenvalue weighted by Gasteiger charge is -2.26. The Morgan fingerprint density at radius 2 is 1.96 bits per heavy atom. The summed E-state index contributed by atoms with van der Waals surface area (Å²) in [4.78, 5) is 7.08. The number of anilines is 1. The Hall–Kier alpha value is -2.40. The molecule has 1 atom stereocenters. The molecule has 0 aliphatic heterocycles. The van der Waals surface area contributed by atoms with Crippen molar-refractivity contribution in [3.63, 3.8) is 0 Å². The maximum Gasteiger partial charge on any atom is 0.157 e. The molecule has 0 aliphatic carbocycles. The first-order valence-corrected chi connectivity index (χ1v) is 8.57. The highest BCUT2D eigenvalue weighted by Gasteiger charge is 2.13. The van der Waals surface area contributed by atoms with Gasteiger partial charge in [0.05, 0.1) is 11.9 Å². The molecule has 1 N–H and O–H groups in total. The van der Waals surface area contributed by atoms with Gasteiger partial charge >= 0.3 is 0 Å². The van der Waals surface area contributed by atoms with E-state index in [-0.39, 0.29) is 0 Å². The molecule has 2 heterocycles. The zero-order valence-corrected chi connectivity index (χ0v) is 14.6. The highest BCUT2D eigenvalue weighted by atomic mass is 15.3. The van der Waals surface area contributed by atoms with Crippen molar-refractivity contribution in [2.75, 3.05) is 25.5 Å². The lowest BCUT2D eigenvalue weighted by Crippen LogP contribution is -2.36. The third-order valence-electron chi connectivity index (χ3n) is 4.54. The van der Waals surface area contributed by atoms with Gasteiger partial charge in [0.15, 0.2) is 5.65 Å². The van der Waals surface area contributed by atoms with Gasteiger partial charge in [-0.2, -0.15) is 9.61 Å². The zero-order valence-electron chi connectivity index (χ0n) is 14.6. The molecule has 5 nitrogen and oxygen atoms in total. The maximum atomic E-state index is 4.71. The van der Waals surface area contributed by atoms with Crippen LogP contribution in [0.15, 0.2) is 48.7 Å². The molecule has 0 fully saturated rings. The van der Waals surface area contributed by atoms with Crippen molar-refractivity contribution in [3.8, 4) is 11.3 Å². The van der Waals surface area contributed by atoms with Crippen LogP contribution in [-0.2, 0) is 0 Å². The molecule has 24 heavy (non-hydrogen) atoms. The molecule has 3 aromatic rings. The molecule has 0 bridgehead atoms. The fourth-order valence-corrected chi connectivity index (χ4v) is 2.89. The van der Waals surface area contributed by atoms with Crippen molar-refractivity contribution in [2.45, 2.75) is 26.3 Å². The van der Waals surface area contributed by atoms with E-state index in [4.69, 9.17) is 4.98 Å². The fraction of sp³-hybridized carbons (Fsp3) is 0.368. The molecular weight excluding hydrogens is 298 g/mol. The number of nitrogens with zero attached hydrogens (tertiary/aromatic N) is 4. The van der Waals surface area contributed by atoms with Gasteiger partial charge < -0.3 is 10.2 Å². The molecule has 0 unspecified atom stereocenters. The van der Waals surface area contributed by atoms with Crippen LogP contribution in [-0.4, -0.2) is 45.7 Å². The van der Waals surface area contributed by atoms with Crippen LogP contribution in [0.3, 0.4) is 0 Å². The van der Waals surface area contributed by atoms with Gasteiger partial charge in [0.25, 0.3) is 0 Å². The average molecular weight is 323 g/mol. The van der Waals surface area contributed by atoms with Crippen LogP contribution in [0.1, 0.15) is 20.3 Å². The van der Waals surface area contributed by atoms with E-state index in [1.165, 1.54) is 0 Å². The Morgan fingerprint density at radius 1 is 1.17 bits per heavy atom. The molecule has 0 aliphatic rings. The van der Waals surface area contributed by atoms with Gasteiger partial charge in [-0.15, -0.1) is 0 Å². The monoisotopic (exact) mass is 323 g/mol. The number of aromatic nitrogens is 3. The molecule has 5 heteroatoms. The van der Waals surface area contributed by atoms with Crippen molar-refractivity contribution in [3.05, 3.63) is 48.7 Å². The molecule has 1 aromatic carbocycles. The number of hydrogen-bond donors (Lipinski definition) is 1. The predicted molar refractivity (Wildman–Crippen MR) is 99.3 cm³/mol. The molecule has 126 valence electrons. The Bertz CT molecular complexity index is 781. The summed E-state index contributed by atoms with van der Waals surface area (Å²) in [6, 6.07) is 14.8. The average Bonchev–Trinajstić information content (AvgIpc) is 3.11. The largest absolute Gasteiger partial charge is 0.368 e. The second-order valence-corrected chi connectivity index (χ2v) is 6.01. The first-order valence-electron chi connectivity index (χ1n) is 8.57. The van der Waals surface area contributed by atoms with Gasteiger partial charge in [0.2, 0.25) is 0 Å². The second kappa shape index (κ2) is 7.45. The number of benzene rings is 1. The summed E-state index contributed by atoms with van der Waals surface area (Å²) in [5.41, 5.74) is 2.93. The summed E-state index contributed by atoms with van der Waals surface area (Å²) in [5, 5.41) is 7.97. The zero-order chi connectivity index (χ0) is 16.9. The SMILES string of the molecule is CC[C@@H](CNc1cc(-c2ccccc2)nc2ccnn12)N(C)CC. The molecule has 0 spiro atoms. The van der Waals surface area contributed by atoms with Crippen molar-refractivity contribution in [2.24, 2.45) is 0 Å². The fourth-order valence-electron chi connectivity index (χ4n) is 2.89. The van der Waals surface area contributed by atoms with Crippen LogP contribution in [0.5, 0.6) is 0 Å². The van der Waals surface area contributed by atoms with E-state index < -0.39 is 0 Å². The summed E-state index contributed by atoms with van der Waals surface area (Å²) in [6.07, 6.45) is 2.90. The summed E-state index contributed by atoms with van der Waals surface area (Å²) in [5.74, 6) is 0.979. The number of rotatable bonds is 7. The Kier molecular flexibility index (Phi) is 5.11. The van der Waals surface area contributed by atoms with Crippen LogP contribution in [0.4, 0.5) is 5.82 Å². The lowest BCUT2D eigenvalue weighted by atomic mass is 10.1. The van der Waals surface area contributed by atoms with Crippen LogP contribution in [0.25, 0.3) is 16.9 Å². The van der Waals surface area contributed by atoms with Gasteiger partial charge in [0, 0.05) is 30.3 Å². The molecule has 0 radical (unpaired) electrons. The third-order valence-corrected chi connectivity index (χ3v) is 4.54. The van der Waals surface area contributed by atoms with Crippen molar-refractivity contribution >= 4 is 11.5 Å². The van der Waals surface area contributed by atoms with E-state index in [9.17, 15) is 0 Å². The first-order chi connectivity index (χ1) is 11.7. The first kappa shape index (κ1) is 16.5. The van der Waals surface area contributed by atoms with E-state index in [0.717, 1.165) is 42.2 Å². The van der Waals surface area contributed by atoms with E-state index in [0.29, 0.717) is 6.04 Å². The van der Waals surface area contributed by atoms with Crippen molar-refractivity contribution in [1.29, 1.82) is 0 Å². The van der Waals surface area contributed by atoms with Crippen LogP contribution < -0.4 is 5.32 Å². The molecule has 3 rings (SSSR count). The van der Waals surface area contributed by atoms with Gasteiger partial charge in [-0.1, -0.05) is 44.2 Å². The molecule has 0 saturated heterocycles. The minimum absolute atomic E-state index is 0.494. The summed E-state index contributed by atoms with van der Waals surface area (Å²) in [6.45, 7) is 6.34. The van der Waals surface area contributed by atoms with Gasteiger partial charge in [-0.25, -0.2) is 4.98 Å². The van der Waals surface area contributed by atoms with Crippen molar-refractivity contribution in [1.82, 2.24) is 19.5 Å². The minimum Gasteiger partial charge on any atom is -0.368 e. The smallest absolute Gasteiger partial charge is 0.157 e. The summed E-state index contributed by atoms with van der Waals surface area (Å²) < 4.78 is 1.87. The quantitative estimate of drug-likeness (QED) is 0.722. The van der Waals surface area contributed by atoms with Gasteiger partial charge in [-0.05, 0) is 20.0 Å². The van der Waals surface area contributed by atoms with Gasteiger partial charge in [-0.3, -0.25) is 0 Å². The highest BCUT2D eigenvalue weighted by molar-refractivity contribution is 5.66. The van der Waals surface area contributed by atoms with E-state index >= 15 is 0 Å². The topological polar surface area (TPSA) is 45.5 Å². The van der Waals surface area contributed by atoms with Gasteiger partial charge in [0.1, 0.15) is 5.82 Å². The standard InChI is InChI=1S/C19H25N5/c1-4-16(23(3)5-2)14-20-19-13-17(15-9-7-6-8-10-15)22-18-11-12-21-24(18)19/h6-13,16,20H,4-5,14H2,1-3H3/t16-/m0/s1. The van der Waals surface area contributed by atoms with E-state index in [1.807, 2.05) is 28.8 Å². The number of hydrogen-bond acceptors (Lipinski definition) is 4. The molecule has 0 amide bonds. The highest BCUT2D eigenvalue weighted by Crippen LogP contribution is 2.22. The Balaban J connectivity index is 1.90. The van der Waals surface area contributed by atoms with E-state index in [2.05, 4.69) is 54.4 Å². The second-order valence-electron chi connectivity index (χ2n) is 6.01. The van der Waals surface area contributed by atoms with Crippen LogP contribution >= 0.6 is 0 Å². The number of fused-ring (bicyclic) bond motifs is 1. The molecular formula is C19H25N5. The Labute approximate surface area is 143 Å². The summed E-state index contributed by atoms with van der Waals surface area (Å²) >= 11 is 0. The maximum absolute atomic E-state index is 4.71. The van der Waals surface area contributed by atoms with Crippen LogP contribution in [0.2, 0.25) is 0 Å². The summed E-state index contributed by atoms with van der Waals surface area (Å²) in [7, 11) is 2.17. The minimum atomic E-state index is 0.494. The molecule has 2 aromatic heterocycles. The van der Waals surface area contributed by atoms with E-state index in [1.54, 1.807) is 6.20 Å². The number of nitrogens with one attached hydrogen (secondary N) is 1. The lowest BCUT2D eigenvalue weighted by molar-refractivity contribution is 0.257. The Morgan fingerprint density at radius 3 is 2.67 bits per heavy atom. The number of likely N-dealkylation sites (N-methyl/N-ethyl adjacent to an activating group) is 1.